The lowest BCUT2D eigenvalue weighted by atomic mass is 10.2. The van der Waals surface area contributed by atoms with E-state index < -0.39 is 0 Å². The molecule has 2 N–H and O–H groups in total. The molecule has 114 valence electrons. The van der Waals surface area contributed by atoms with Crippen LogP contribution in [-0.4, -0.2) is 33.3 Å². The first-order valence-electron chi connectivity index (χ1n) is 6.84. The first kappa shape index (κ1) is 14.6. The number of nitrogens with zero attached hydrogens (tertiary/aromatic N) is 2. The van der Waals surface area contributed by atoms with E-state index in [9.17, 15) is 9.59 Å². The van der Waals surface area contributed by atoms with Crippen LogP contribution in [0.25, 0.3) is 0 Å². The largest absolute Gasteiger partial charge is 0.368 e. The third kappa shape index (κ3) is 3.46. The summed E-state index contributed by atoms with van der Waals surface area (Å²) in [6, 6.07) is 6.87. The normalized spacial score (nSPS) is 17.2. The Morgan fingerprint density at radius 1 is 1.18 bits per heavy atom. The molecule has 1 aliphatic heterocycles. The number of anilines is 2. The van der Waals surface area contributed by atoms with Gasteiger partial charge in [-0.1, -0.05) is 0 Å². The molecular formula is C14H14N4O3S. The van der Waals surface area contributed by atoms with Gasteiger partial charge in [0.15, 0.2) is 5.69 Å². The molecule has 1 fully saturated rings. The third-order valence-corrected chi connectivity index (χ3v) is 3.70. The zero-order chi connectivity index (χ0) is 15.4. The standard InChI is InChI=1S/C14H14N4O3S/c19-13(11-8-15-22-18-11)16-9-3-5-10(6-4-9)17-14(20)12-2-1-7-21-12/h3-6,8,12H,1-2,7H2,(H,16,19)(H,17,20). The number of aromatic nitrogens is 2. The van der Waals surface area contributed by atoms with Gasteiger partial charge in [-0.25, -0.2) is 0 Å². The van der Waals surface area contributed by atoms with E-state index in [0.717, 1.165) is 24.6 Å². The fraction of sp³-hybridized carbons (Fsp3) is 0.286. The summed E-state index contributed by atoms with van der Waals surface area (Å²) in [6.45, 7) is 0.633. The molecule has 0 saturated carbocycles. The van der Waals surface area contributed by atoms with Crippen molar-refractivity contribution in [1.82, 2.24) is 8.75 Å². The average Bonchev–Trinajstić information content (AvgIpc) is 3.23. The summed E-state index contributed by atoms with van der Waals surface area (Å²) in [4.78, 5) is 23.7. The fourth-order valence-corrected chi connectivity index (χ4v) is 2.52. The number of carbonyl (C=O) groups is 2. The lowest BCUT2D eigenvalue weighted by Gasteiger charge is -2.11. The number of amides is 2. The van der Waals surface area contributed by atoms with Crippen molar-refractivity contribution in [3.05, 3.63) is 36.2 Å². The molecule has 2 aromatic rings. The Balaban J connectivity index is 1.58. The van der Waals surface area contributed by atoms with Crippen LogP contribution in [-0.2, 0) is 9.53 Å². The Kier molecular flexibility index (Phi) is 4.40. The van der Waals surface area contributed by atoms with Crippen LogP contribution >= 0.6 is 11.7 Å². The zero-order valence-corrected chi connectivity index (χ0v) is 12.4. The van der Waals surface area contributed by atoms with Crippen LogP contribution in [0, 0.1) is 0 Å². The van der Waals surface area contributed by atoms with Gasteiger partial charge >= 0.3 is 0 Å². The Hall–Kier alpha value is -2.32. The minimum absolute atomic E-state index is 0.136. The van der Waals surface area contributed by atoms with Gasteiger partial charge in [0, 0.05) is 18.0 Å². The van der Waals surface area contributed by atoms with Gasteiger partial charge in [0.25, 0.3) is 11.8 Å². The van der Waals surface area contributed by atoms with E-state index in [1.54, 1.807) is 24.3 Å². The van der Waals surface area contributed by atoms with Crippen molar-refractivity contribution < 1.29 is 14.3 Å². The van der Waals surface area contributed by atoms with Gasteiger partial charge < -0.3 is 15.4 Å². The molecule has 1 aromatic heterocycles. The van der Waals surface area contributed by atoms with Crippen molar-refractivity contribution in [2.45, 2.75) is 18.9 Å². The molecule has 0 bridgehead atoms. The molecule has 1 unspecified atom stereocenters. The molecule has 2 heterocycles. The molecule has 22 heavy (non-hydrogen) atoms. The second-order valence-corrected chi connectivity index (χ2v) is 5.37. The predicted molar refractivity (Wildman–Crippen MR) is 81.9 cm³/mol. The second kappa shape index (κ2) is 6.63. The molecule has 0 radical (unpaired) electrons. The Morgan fingerprint density at radius 3 is 2.50 bits per heavy atom. The van der Waals surface area contributed by atoms with Gasteiger partial charge in [0.1, 0.15) is 6.10 Å². The van der Waals surface area contributed by atoms with Crippen LogP contribution in [0.3, 0.4) is 0 Å². The second-order valence-electron chi connectivity index (χ2n) is 4.82. The van der Waals surface area contributed by atoms with E-state index in [2.05, 4.69) is 19.4 Å². The summed E-state index contributed by atoms with van der Waals surface area (Å²) < 4.78 is 13.0. The van der Waals surface area contributed by atoms with Crippen molar-refractivity contribution in [2.24, 2.45) is 0 Å². The van der Waals surface area contributed by atoms with Crippen LogP contribution < -0.4 is 10.6 Å². The van der Waals surface area contributed by atoms with Crippen molar-refractivity contribution >= 4 is 34.9 Å². The molecule has 1 aliphatic rings. The lowest BCUT2D eigenvalue weighted by Crippen LogP contribution is -2.26. The Morgan fingerprint density at radius 2 is 1.91 bits per heavy atom. The van der Waals surface area contributed by atoms with Gasteiger partial charge in [-0.3, -0.25) is 9.59 Å². The van der Waals surface area contributed by atoms with Crippen LogP contribution in [0.2, 0.25) is 0 Å². The first-order valence-corrected chi connectivity index (χ1v) is 7.57. The molecule has 1 atom stereocenters. The summed E-state index contributed by atoms with van der Waals surface area (Å²) in [6.07, 6.45) is 2.71. The lowest BCUT2D eigenvalue weighted by molar-refractivity contribution is -0.124. The maximum atomic E-state index is 11.9. The molecule has 2 amide bonds. The monoisotopic (exact) mass is 318 g/mol. The van der Waals surface area contributed by atoms with Gasteiger partial charge in [0.2, 0.25) is 0 Å². The van der Waals surface area contributed by atoms with Crippen LogP contribution in [0.5, 0.6) is 0 Å². The number of ether oxygens (including phenoxy) is 1. The number of hydrogen-bond donors (Lipinski definition) is 2. The Bertz CT molecular complexity index is 651. The SMILES string of the molecule is O=C(Nc1ccc(NC(=O)C2CCCO2)cc1)c1cnsn1. The average molecular weight is 318 g/mol. The van der Waals surface area contributed by atoms with Crippen molar-refractivity contribution in [1.29, 1.82) is 0 Å². The molecule has 0 aliphatic carbocycles. The maximum Gasteiger partial charge on any atom is 0.277 e. The van der Waals surface area contributed by atoms with E-state index in [-0.39, 0.29) is 23.6 Å². The highest BCUT2D eigenvalue weighted by Gasteiger charge is 2.23. The number of benzene rings is 1. The van der Waals surface area contributed by atoms with Crippen molar-refractivity contribution in [2.75, 3.05) is 17.2 Å². The number of rotatable bonds is 4. The Labute approximate surface area is 131 Å². The summed E-state index contributed by atoms with van der Waals surface area (Å²) in [5.41, 5.74) is 1.56. The van der Waals surface area contributed by atoms with Gasteiger partial charge in [-0.2, -0.15) is 8.75 Å². The third-order valence-electron chi connectivity index (χ3n) is 3.23. The number of carbonyl (C=O) groups excluding carboxylic acids is 2. The van der Waals surface area contributed by atoms with Crippen molar-refractivity contribution in [3.63, 3.8) is 0 Å². The molecule has 8 heteroatoms. The van der Waals surface area contributed by atoms with Gasteiger partial charge in [-0.05, 0) is 37.1 Å². The summed E-state index contributed by atoms with van der Waals surface area (Å²) in [5.74, 6) is -0.451. The molecule has 1 aromatic carbocycles. The van der Waals surface area contributed by atoms with Crippen LogP contribution in [0.15, 0.2) is 30.5 Å². The summed E-state index contributed by atoms with van der Waals surface area (Å²) in [5, 5.41) is 5.50. The minimum Gasteiger partial charge on any atom is -0.368 e. The van der Waals surface area contributed by atoms with Gasteiger partial charge in [0.05, 0.1) is 17.9 Å². The predicted octanol–water partition coefficient (Wildman–Crippen LogP) is 1.91. The van der Waals surface area contributed by atoms with E-state index in [1.807, 2.05) is 0 Å². The maximum absolute atomic E-state index is 11.9. The van der Waals surface area contributed by atoms with E-state index in [4.69, 9.17) is 4.74 Å². The highest BCUT2D eigenvalue weighted by atomic mass is 32.1. The summed E-state index contributed by atoms with van der Waals surface area (Å²) in [7, 11) is 0. The fourth-order valence-electron chi connectivity index (χ4n) is 2.10. The summed E-state index contributed by atoms with van der Waals surface area (Å²) >= 11 is 0.980. The molecule has 3 rings (SSSR count). The number of nitrogens with one attached hydrogen (secondary N) is 2. The van der Waals surface area contributed by atoms with E-state index in [0.29, 0.717) is 18.0 Å². The molecule has 7 nitrogen and oxygen atoms in total. The smallest absolute Gasteiger partial charge is 0.277 e. The highest BCUT2D eigenvalue weighted by molar-refractivity contribution is 6.99. The quantitative estimate of drug-likeness (QED) is 0.898. The van der Waals surface area contributed by atoms with Crippen molar-refractivity contribution in [3.8, 4) is 0 Å². The van der Waals surface area contributed by atoms with Crippen LogP contribution in [0.1, 0.15) is 23.3 Å². The topological polar surface area (TPSA) is 93.2 Å². The minimum atomic E-state index is -0.364. The van der Waals surface area contributed by atoms with E-state index in [1.165, 1.54) is 6.20 Å². The zero-order valence-electron chi connectivity index (χ0n) is 11.6. The number of hydrogen-bond acceptors (Lipinski definition) is 6. The van der Waals surface area contributed by atoms with Crippen LogP contribution in [0.4, 0.5) is 11.4 Å². The first-order chi connectivity index (χ1) is 10.7. The molecule has 0 spiro atoms. The highest BCUT2D eigenvalue weighted by Crippen LogP contribution is 2.17. The molecular weight excluding hydrogens is 304 g/mol. The molecule has 1 saturated heterocycles. The van der Waals surface area contributed by atoms with Gasteiger partial charge in [-0.15, -0.1) is 0 Å². The van der Waals surface area contributed by atoms with E-state index >= 15 is 0 Å².